The molecule has 1 aromatic rings. The van der Waals surface area contributed by atoms with Crippen LogP contribution in [0.25, 0.3) is 0 Å². The van der Waals surface area contributed by atoms with Gasteiger partial charge in [-0.15, -0.1) is 0 Å². The molecule has 0 spiro atoms. The number of nitrogens with one attached hydrogen (secondary N) is 1. The van der Waals surface area contributed by atoms with Gasteiger partial charge in [-0.25, -0.2) is 8.78 Å². The first-order valence-electron chi connectivity index (χ1n) is 3.25. The van der Waals surface area contributed by atoms with Gasteiger partial charge in [-0.2, -0.15) is 0 Å². The first-order valence-corrected chi connectivity index (χ1v) is 3.25. The fraction of sp³-hybridized carbons (Fsp3) is 0.143. The average molecular weight is 189 g/mol. The predicted octanol–water partition coefficient (Wildman–Crippen LogP) is 0.831. The SMILES string of the molecule is O=Cc1[nH]c(=O)cc(O)c1C(F)F. The molecule has 13 heavy (non-hydrogen) atoms. The molecule has 6 heteroatoms. The highest BCUT2D eigenvalue weighted by molar-refractivity contribution is 5.75. The molecule has 0 aromatic carbocycles. The Morgan fingerprint density at radius 3 is 2.62 bits per heavy atom. The van der Waals surface area contributed by atoms with Crippen molar-refractivity contribution in [1.82, 2.24) is 4.98 Å². The lowest BCUT2D eigenvalue weighted by molar-refractivity contribution is 0.109. The highest BCUT2D eigenvalue weighted by Gasteiger charge is 2.18. The second kappa shape index (κ2) is 3.34. The third kappa shape index (κ3) is 1.71. The maximum Gasteiger partial charge on any atom is 0.269 e. The molecule has 0 bridgehead atoms. The van der Waals surface area contributed by atoms with E-state index in [2.05, 4.69) is 0 Å². The van der Waals surface area contributed by atoms with Crippen molar-refractivity contribution in [2.75, 3.05) is 0 Å². The molecule has 2 N–H and O–H groups in total. The maximum absolute atomic E-state index is 12.2. The van der Waals surface area contributed by atoms with E-state index in [0.29, 0.717) is 6.07 Å². The van der Waals surface area contributed by atoms with E-state index in [9.17, 15) is 18.4 Å². The zero-order valence-corrected chi connectivity index (χ0v) is 6.25. The van der Waals surface area contributed by atoms with Crippen molar-refractivity contribution in [3.8, 4) is 5.75 Å². The van der Waals surface area contributed by atoms with Crippen LogP contribution in [0, 0.1) is 0 Å². The van der Waals surface area contributed by atoms with Gasteiger partial charge in [0.1, 0.15) is 5.75 Å². The summed E-state index contributed by atoms with van der Waals surface area (Å²) in [5.74, 6) is -0.874. The predicted molar refractivity (Wildman–Crippen MR) is 39.1 cm³/mol. The van der Waals surface area contributed by atoms with Crippen LogP contribution in [-0.2, 0) is 0 Å². The summed E-state index contributed by atoms with van der Waals surface area (Å²) in [6, 6.07) is 0.592. The smallest absolute Gasteiger partial charge is 0.269 e. The van der Waals surface area contributed by atoms with Gasteiger partial charge in [-0.3, -0.25) is 9.59 Å². The number of H-pyrrole nitrogens is 1. The van der Waals surface area contributed by atoms with Crippen molar-refractivity contribution in [2.24, 2.45) is 0 Å². The van der Waals surface area contributed by atoms with Crippen molar-refractivity contribution in [3.05, 3.63) is 27.7 Å². The van der Waals surface area contributed by atoms with Gasteiger partial charge >= 0.3 is 0 Å². The monoisotopic (exact) mass is 189 g/mol. The Morgan fingerprint density at radius 2 is 2.15 bits per heavy atom. The number of carbonyl (C=O) groups is 1. The molecule has 0 saturated heterocycles. The number of hydrogen-bond donors (Lipinski definition) is 2. The molecule has 4 nitrogen and oxygen atoms in total. The van der Waals surface area contributed by atoms with Crippen LogP contribution in [0.2, 0.25) is 0 Å². The lowest BCUT2D eigenvalue weighted by Gasteiger charge is -2.04. The molecule has 0 saturated carbocycles. The van der Waals surface area contributed by atoms with Crippen molar-refractivity contribution in [3.63, 3.8) is 0 Å². The molecule has 0 aliphatic rings. The molecule has 0 fully saturated rings. The quantitative estimate of drug-likeness (QED) is 0.677. The number of aromatic hydroxyl groups is 1. The molecule has 0 unspecified atom stereocenters. The topological polar surface area (TPSA) is 70.2 Å². The van der Waals surface area contributed by atoms with Crippen molar-refractivity contribution in [2.45, 2.75) is 6.43 Å². The van der Waals surface area contributed by atoms with E-state index in [1.165, 1.54) is 0 Å². The fourth-order valence-corrected chi connectivity index (χ4v) is 0.898. The summed E-state index contributed by atoms with van der Waals surface area (Å²) >= 11 is 0. The first-order chi connectivity index (χ1) is 6.06. The average Bonchev–Trinajstić information content (AvgIpc) is 2.01. The highest BCUT2D eigenvalue weighted by atomic mass is 19.3. The second-order valence-corrected chi connectivity index (χ2v) is 2.26. The molecule has 0 amide bonds. The molecule has 70 valence electrons. The van der Waals surface area contributed by atoms with Crippen molar-refractivity contribution >= 4 is 6.29 Å². The maximum atomic E-state index is 12.2. The lowest BCUT2D eigenvalue weighted by atomic mass is 10.2. The number of rotatable bonds is 2. The lowest BCUT2D eigenvalue weighted by Crippen LogP contribution is -2.10. The number of aromatic amines is 1. The minimum absolute atomic E-state index is 0.0581. The molecular weight excluding hydrogens is 184 g/mol. The fourth-order valence-electron chi connectivity index (χ4n) is 0.898. The van der Waals surface area contributed by atoms with Crippen LogP contribution in [0.5, 0.6) is 5.75 Å². The molecular formula is C7H5F2NO3. The van der Waals surface area contributed by atoms with Crippen LogP contribution in [-0.4, -0.2) is 16.4 Å². The van der Waals surface area contributed by atoms with Gasteiger partial charge < -0.3 is 10.1 Å². The van der Waals surface area contributed by atoms with E-state index in [0.717, 1.165) is 0 Å². The van der Waals surface area contributed by atoms with E-state index in [-0.39, 0.29) is 6.29 Å². The third-order valence-electron chi connectivity index (χ3n) is 1.43. The van der Waals surface area contributed by atoms with Gasteiger partial charge in [-0.1, -0.05) is 0 Å². The van der Waals surface area contributed by atoms with Gasteiger partial charge in [0.2, 0.25) is 0 Å². The summed E-state index contributed by atoms with van der Waals surface area (Å²) in [7, 11) is 0. The Morgan fingerprint density at radius 1 is 1.54 bits per heavy atom. The summed E-state index contributed by atoms with van der Waals surface area (Å²) in [6.45, 7) is 0. The van der Waals surface area contributed by atoms with Gasteiger partial charge in [-0.05, 0) is 0 Å². The van der Waals surface area contributed by atoms with Gasteiger partial charge in [0, 0.05) is 6.07 Å². The first kappa shape index (κ1) is 9.37. The van der Waals surface area contributed by atoms with E-state index < -0.39 is 29.0 Å². The highest BCUT2D eigenvalue weighted by Crippen LogP contribution is 2.27. The van der Waals surface area contributed by atoms with Gasteiger partial charge in [0.25, 0.3) is 12.0 Å². The minimum atomic E-state index is -3.00. The second-order valence-electron chi connectivity index (χ2n) is 2.26. The number of aldehydes is 1. The number of aromatic nitrogens is 1. The summed E-state index contributed by atoms with van der Waals surface area (Å²) in [4.78, 5) is 22.7. The molecule has 1 aromatic heterocycles. The number of carbonyl (C=O) groups excluding carboxylic acids is 1. The largest absolute Gasteiger partial charge is 0.507 e. The molecule has 0 aliphatic carbocycles. The van der Waals surface area contributed by atoms with Crippen molar-refractivity contribution < 1.29 is 18.7 Å². The Kier molecular flexibility index (Phi) is 2.41. The number of hydrogen-bond acceptors (Lipinski definition) is 3. The molecule has 1 rings (SSSR count). The Labute approximate surface area is 70.8 Å². The van der Waals surface area contributed by atoms with E-state index in [1.807, 2.05) is 4.98 Å². The molecule has 0 aliphatic heterocycles. The van der Waals surface area contributed by atoms with Gasteiger partial charge in [0.05, 0.1) is 11.3 Å². The van der Waals surface area contributed by atoms with Crippen LogP contribution in [0.1, 0.15) is 22.5 Å². The third-order valence-corrected chi connectivity index (χ3v) is 1.43. The molecule has 0 atom stereocenters. The van der Waals surface area contributed by atoms with E-state index in [1.54, 1.807) is 0 Å². The van der Waals surface area contributed by atoms with Gasteiger partial charge in [0.15, 0.2) is 6.29 Å². The summed E-state index contributed by atoms with van der Waals surface area (Å²) in [6.07, 6.45) is -2.94. The summed E-state index contributed by atoms with van der Waals surface area (Å²) < 4.78 is 24.3. The molecule has 0 radical (unpaired) electrons. The Bertz CT molecular complexity index is 386. The van der Waals surface area contributed by atoms with Crippen LogP contribution in [0.15, 0.2) is 10.9 Å². The van der Waals surface area contributed by atoms with Crippen LogP contribution in [0.4, 0.5) is 8.78 Å². The summed E-state index contributed by atoms with van der Waals surface area (Å²) in [5, 5.41) is 8.91. The Balaban J connectivity index is 3.47. The zero-order valence-electron chi connectivity index (χ0n) is 6.25. The van der Waals surface area contributed by atoms with Crippen LogP contribution >= 0.6 is 0 Å². The minimum Gasteiger partial charge on any atom is -0.507 e. The molecule has 1 heterocycles. The number of pyridine rings is 1. The zero-order chi connectivity index (χ0) is 10.0. The van der Waals surface area contributed by atoms with Crippen LogP contribution < -0.4 is 5.56 Å². The number of alkyl halides is 2. The van der Waals surface area contributed by atoms with Crippen molar-refractivity contribution in [1.29, 1.82) is 0 Å². The number of halogens is 2. The van der Waals surface area contributed by atoms with Crippen LogP contribution in [0.3, 0.4) is 0 Å². The normalized spacial score (nSPS) is 10.4. The van der Waals surface area contributed by atoms with E-state index >= 15 is 0 Å². The summed E-state index contributed by atoms with van der Waals surface area (Å²) in [5.41, 5.74) is -2.25. The van der Waals surface area contributed by atoms with E-state index in [4.69, 9.17) is 5.11 Å². The Hall–Kier alpha value is -1.72. The standard InChI is InChI=1S/C7H5F2NO3/c8-7(9)6-3(2-11)10-5(13)1-4(6)12/h1-2,7H,(H2,10,12,13).